The topological polar surface area (TPSA) is 41.1 Å². The lowest BCUT2D eigenvalue weighted by Gasteiger charge is -2.31. The zero-order valence-electron chi connectivity index (χ0n) is 12.3. The molecule has 0 saturated carbocycles. The Labute approximate surface area is 125 Å². The summed E-state index contributed by atoms with van der Waals surface area (Å²) >= 11 is 1.66. The second kappa shape index (κ2) is 7.70. The quantitative estimate of drug-likeness (QED) is 0.820. The maximum absolute atomic E-state index is 12.4. The minimum atomic E-state index is -0.000476. The molecular weight excluding hydrogens is 268 g/mol. The third-order valence-corrected chi connectivity index (χ3v) is 5.17. The van der Waals surface area contributed by atoms with Gasteiger partial charge in [0, 0.05) is 10.9 Å². The highest BCUT2D eigenvalue weighted by molar-refractivity contribution is 8.00. The molecule has 0 radical (unpaired) electrons. The van der Waals surface area contributed by atoms with Gasteiger partial charge in [0.1, 0.15) is 0 Å². The van der Waals surface area contributed by atoms with Crippen LogP contribution in [0.15, 0.2) is 35.2 Å². The van der Waals surface area contributed by atoms with E-state index in [1.807, 2.05) is 18.2 Å². The van der Waals surface area contributed by atoms with Gasteiger partial charge in [0.2, 0.25) is 5.91 Å². The molecule has 1 aromatic carbocycles. The first-order chi connectivity index (χ1) is 9.70. The van der Waals surface area contributed by atoms with Crippen LogP contribution in [0.25, 0.3) is 0 Å². The van der Waals surface area contributed by atoms with Gasteiger partial charge in [-0.3, -0.25) is 4.79 Å². The summed E-state index contributed by atoms with van der Waals surface area (Å²) in [6, 6.07) is 10.5. The van der Waals surface area contributed by atoms with Crippen LogP contribution in [-0.2, 0) is 4.79 Å². The SMILES string of the molecule is CCC(Sc1ccccc1)C(=O)NC1CCNCC1C. The fourth-order valence-electron chi connectivity index (χ4n) is 2.49. The minimum absolute atomic E-state index is 0.000476. The molecule has 3 nitrogen and oxygen atoms in total. The van der Waals surface area contributed by atoms with Crippen LogP contribution in [0.1, 0.15) is 26.7 Å². The van der Waals surface area contributed by atoms with Gasteiger partial charge in [-0.2, -0.15) is 0 Å². The maximum atomic E-state index is 12.4. The number of nitrogens with one attached hydrogen (secondary N) is 2. The first kappa shape index (κ1) is 15.4. The van der Waals surface area contributed by atoms with Crippen molar-refractivity contribution < 1.29 is 4.79 Å². The average Bonchev–Trinajstić information content (AvgIpc) is 2.48. The van der Waals surface area contributed by atoms with Crippen molar-refractivity contribution in [3.63, 3.8) is 0 Å². The molecule has 0 bridgehead atoms. The normalized spacial score (nSPS) is 24.1. The number of carbonyl (C=O) groups is 1. The Morgan fingerprint density at radius 3 is 2.85 bits per heavy atom. The highest BCUT2D eigenvalue weighted by atomic mass is 32.2. The fourth-order valence-corrected chi connectivity index (χ4v) is 3.47. The van der Waals surface area contributed by atoms with Crippen molar-refractivity contribution in [2.24, 2.45) is 5.92 Å². The highest BCUT2D eigenvalue weighted by Crippen LogP contribution is 2.25. The predicted molar refractivity (Wildman–Crippen MR) is 85.0 cm³/mol. The number of piperidine rings is 1. The van der Waals surface area contributed by atoms with E-state index in [9.17, 15) is 4.79 Å². The second-order valence-corrected chi connectivity index (χ2v) is 6.69. The van der Waals surface area contributed by atoms with Crippen molar-refractivity contribution >= 4 is 17.7 Å². The Kier molecular flexibility index (Phi) is 5.92. The van der Waals surface area contributed by atoms with Gasteiger partial charge in [-0.15, -0.1) is 11.8 Å². The number of hydrogen-bond donors (Lipinski definition) is 2. The summed E-state index contributed by atoms with van der Waals surface area (Å²) in [5.74, 6) is 0.687. The lowest BCUT2D eigenvalue weighted by Crippen LogP contribution is -2.50. The van der Waals surface area contributed by atoms with Crippen molar-refractivity contribution in [1.82, 2.24) is 10.6 Å². The van der Waals surface area contributed by atoms with E-state index in [4.69, 9.17) is 0 Å². The molecule has 0 aromatic heterocycles. The maximum Gasteiger partial charge on any atom is 0.233 e. The van der Waals surface area contributed by atoms with Crippen LogP contribution in [0.4, 0.5) is 0 Å². The Morgan fingerprint density at radius 1 is 1.45 bits per heavy atom. The average molecular weight is 292 g/mol. The Balaban J connectivity index is 1.91. The number of amides is 1. The summed E-state index contributed by atoms with van der Waals surface area (Å²) < 4.78 is 0. The molecule has 1 saturated heterocycles. The van der Waals surface area contributed by atoms with Gasteiger partial charge in [-0.05, 0) is 44.0 Å². The lowest BCUT2D eigenvalue weighted by molar-refractivity contribution is -0.121. The molecule has 4 heteroatoms. The summed E-state index contributed by atoms with van der Waals surface area (Å²) in [4.78, 5) is 13.6. The van der Waals surface area contributed by atoms with Crippen LogP contribution in [0, 0.1) is 5.92 Å². The van der Waals surface area contributed by atoms with E-state index >= 15 is 0 Å². The summed E-state index contributed by atoms with van der Waals surface area (Å²) in [5.41, 5.74) is 0. The summed E-state index contributed by atoms with van der Waals surface area (Å²) in [5, 5.41) is 6.60. The lowest BCUT2D eigenvalue weighted by atomic mass is 9.95. The molecule has 110 valence electrons. The molecule has 1 aliphatic rings. The first-order valence-corrected chi connectivity index (χ1v) is 8.31. The smallest absolute Gasteiger partial charge is 0.233 e. The van der Waals surface area contributed by atoms with E-state index in [1.54, 1.807) is 11.8 Å². The number of rotatable bonds is 5. The van der Waals surface area contributed by atoms with E-state index in [1.165, 1.54) is 0 Å². The third-order valence-electron chi connectivity index (χ3n) is 3.80. The molecule has 1 amide bonds. The summed E-state index contributed by atoms with van der Waals surface area (Å²) in [6.45, 7) is 6.26. The van der Waals surface area contributed by atoms with Crippen LogP contribution in [0.5, 0.6) is 0 Å². The zero-order chi connectivity index (χ0) is 14.4. The first-order valence-electron chi connectivity index (χ1n) is 7.43. The van der Waals surface area contributed by atoms with E-state index in [-0.39, 0.29) is 11.2 Å². The number of hydrogen-bond acceptors (Lipinski definition) is 3. The van der Waals surface area contributed by atoms with Crippen molar-refractivity contribution in [2.75, 3.05) is 13.1 Å². The zero-order valence-corrected chi connectivity index (χ0v) is 13.1. The third kappa shape index (κ3) is 4.25. The molecule has 2 N–H and O–H groups in total. The Hall–Kier alpha value is -1.00. The van der Waals surface area contributed by atoms with Crippen LogP contribution < -0.4 is 10.6 Å². The molecule has 3 atom stereocenters. The van der Waals surface area contributed by atoms with Crippen molar-refractivity contribution in [3.05, 3.63) is 30.3 Å². The minimum Gasteiger partial charge on any atom is -0.352 e. The largest absolute Gasteiger partial charge is 0.352 e. The molecule has 1 fully saturated rings. The molecule has 1 aromatic rings. The van der Waals surface area contributed by atoms with Gasteiger partial charge in [0.05, 0.1) is 5.25 Å². The summed E-state index contributed by atoms with van der Waals surface area (Å²) in [6.07, 6.45) is 1.88. The van der Waals surface area contributed by atoms with Crippen molar-refractivity contribution in [3.8, 4) is 0 Å². The van der Waals surface area contributed by atoms with Crippen LogP contribution in [0.2, 0.25) is 0 Å². The van der Waals surface area contributed by atoms with Crippen molar-refractivity contribution in [1.29, 1.82) is 0 Å². The van der Waals surface area contributed by atoms with E-state index in [0.717, 1.165) is 30.8 Å². The van der Waals surface area contributed by atoms with E-state index < -0.39 is 0 Å². The highest BCUT2D eigenvalue weighted by Gasteiger charge is 2.26. The molecule has 2 rings (SSSR count). The van der Waals surface area contributed by atoms with E-state index in [0.29, 0.717) is 12.0 Å². The summed E-state index contributed by atoms with van der Waals surface area (Å²) in [7, 11) is 0. The Morgan fingerprint density at radius 2 is 2.20 bits per heavy atom. The molecule has 0 spiro atoms. The number of thioether (sulfide) groups is 1. The molecular formula is C16H24N2OS. The molecule has 20 heavy (non-hydrogen) atoms. The Bertz CT molecular complexity index is 424. The molecule has 0 aliphatic carbocycles. The number of carbonyl (C=O) groups excluding carboxylic acids is 1. The van der Waals surface area contributed by atoms with Crippen molar-refractivity contribution in [2.45, 2.75) is 42.9 Å². The van der Waals surface area contributed by atoms with Gasteiger partial charge >= 0.3 is 0 Å². The van der Waals surface area contributed by atoms with Crippen LogP contribution in [-0.4, -0.2) is 30.3 Å². The van der Waals surface area contributed by atoms with E-state index in [2.05, 4.69) is 36.6 Å². The molecule has 3 unspecified atom stereocenters. The fraction of sp³-hybridized carbons (Fsp3) is 0.562. The van der Waals surface area contributed by atoms with Crippen LogP contribution in [0.3, 0.4) is 0 Å². The van der Waals surface area contributed by atoms with Gasteiger partial charge in [-0.25, -0.2) is 0 Å². The monoisotopic (exact) mass is 292 g/mol. The van der Waals surface area contributed by atoms with Gasteiger partial charge < -0.3 is 10.6 Å². The molecule has 1 aliphatic heterocycles. The van der Waals surface area contributed by atoms with Crippen LogP contribution >= 0.6 is 11.8 Å². The standard InChI is InChI=1S/C16H24N2OS/c1-3-15(20-13-7-5-4-6-8-13)16(19)18-14-9-10-17-11-12(14)2/h4-8,12,14-15,17H,3,9-11H2,1-2H3,(H,18,19). The molecule has 1 heterocycles. The number of benzene rings is 1. The van der Waals surface area contributed by atoms with Gasteiger partial charge in [0.15, 0.2) is 0 Å². The van der Waals surface area contributed by atoms with Gasteiger partial charge in [-0.1, -0.05) is 32.0 Å². The van der Waals surface area contributed by atoms with Gasteiger partial charge in [0.25, 0.3) is 0 Å². The predicted octanol–water partition coefficient (Wildman–Crippen LogP) is 2.67. The second-order valence-electron chi connectivity index (χ2n) is 5.41.